The topological polar surface area (TPSA) is 78.7 Å². The third kappa shape index (κ3) is 5.42. The first-order valence-electron chi connectivity index (χ1n) is 8.73. The number of nitrogens with two attached hydrogens (primary N) is 1. The molecule has 2 unspecified atom stereocenters. The van der Waals surface area contributed by atoms with Crippen LogP contribution in [0.4, 0.5) is 5.69 Å². The second kappa shape index (κ2) is 9.17. The van der Waals surface area contributed by atoms with Gasteiger partial charge in [-0.25, -0.2) is 0 Å². The van der Waals surface area contributed by atoms with Crippen LogP contribution in [-0.4, -0.2) is 60.4 Å². The van der Waals surface area contributed by atoms with E-state index in [9.17, 15) is 9.59 Å². The smallest absolute Gasteiger partial charge is 0.239 e. The van der Waals surface area contributed by atoms with Gasteiger partial charge < -0.3 is 16.0 Å². The number of carbonyl (C=O) groups is 2. The summed E-state index contributed by atoms with van der Waals surface area (Å²) < 4.78 is 0. The van der Waals surface area contributed by atoms with Crippen molar-refractivity contribution in [3.8, 4) is 0 Å². The van der Waals surface area contributed by atoms with E-state index in [-0.39, 0.29) is 24.3 Å². The Morgan fingerprint density at radius 3 is 2.48 bits per heavy atom. The Morgan fingerprint density at radius 1 is 1.24 bits per heavy atom. The van der Waals surface area contributed by atoms with Crippen LogP contribution in [0.3, 0.4) is 0 Å². The SMILES string of the molecule is CCC(C)C(N)C(=O)N1CCN(CC(=O)Nc2ccccc2Cl)CC1. The number of anilines is 1. The number of para-hydroxylation sites is 1. The Kier molecular flexibility index (Phi) is 7.23. The first kappa shape index (κ1) is 19.7. The number of amides is 2. The lowest BCUT2D eigenvalue weighted by Gasteiger charge is -2.36. The van der Waals surface area contributed by atoms with E-state index < -0.39 is 6.04 Å². The Labute approximate surface area is 154 Å². The number of halogens is 1. The molecular formula is C18H27ClN4O2. The van der Waals surface area contributed by atoms with E-state index in [0.29, 0.717) is 36.9 Å². The lowest BCUT2D eigenvalue weighted by molar-refractivity contribution is -0.135. The van der Waals surface area contributed by atoms with E-state index in [1.54, 1.807) is 17.0 Å². The fourth-order valence-electron chi connectivity index (χ4n) is 2.79. The largest absolute Gasteiger partial charge is 0.339 e. The zero-order chi connectivity index (χ0) is 18.4. The average Bonchev–Trinajstić information content (AvgIpc) is 2.62. The van der Waals surface area contributed by atoms with Crippen molar-refractivity contribution in [3.63, 3.8) is 0 Å². The van der Waals surface area contributed by atoms with Crippen molar-refractivity contribution in [2.24, 2.45) is 11.7 Å². The first-order chi connectivity index (χ1) is 11.9. The van der Waals surface area contributed by atoms with E-state index in [0.717, 1.165) is 6.42 Å². The molecule has 25 heavy (non-hydrogen) atoms. The van der Waals surface area contributed by atoms with Gasteiger partial charge in [-0.05, 0) is 18.1 Å². The van der Waals surface area contributed by atoms with Crippen LogP contribution in [0, 0.1) is 5.92 Å². The molecule has 1 aromatic rings. The van der Waals surface area contributed by atoms with Crippen LogP contribution < -0.4 is 11.1 Å². The molecule has 0 aromatic heterocycles. The maximum atomic E-state index is 12.4. The van der Waals surface area contributed by atoms with E-state index in [4.69, 9.17) is 17.3 Å². The molecule has 0 saturated carbocycles. The second-order valence-electron chi connectivity index (χ2n) is 6.54. The maximum absolute atomic E-state index is 12.4. The van der Waals surface area contributed by atoms with Gasteiger partial charge in [-0.15, -0.1) is 0 Å². The number of benzene rings is 1. The summed E-state index contributed by atoms with van der Waals surface area (Å²) in [5, 5.41) is 3.34. The summed E-state index contributed by atoms with van der Waals surface area (Å²) in [6, 6.07) is 6.71. The molecule has 0 spiro atoms. The van der Waals surface area contributed by atoms with Gasteiger partial charge in [0.15, 0.2) is 0 Å². The third-order valence-corrected chi connectivity index (χ3v) is 5.07. The highest BCUT2D eigenvalue weighted by atomic mass is 35.5. The normalized spacial score (nSPS) is 17.8. The summed E-state index contributed by atoms with van der Waals surface area (Å²) in [6.07, 6.45) is 0.884. The Hall–Kier alpha value is -1.63. The summed E-state index contributed by atoms with van der Waals surface area (Å²) in [7, 11) is 0. The molecular weight excluding hydrogens is 340 g/mol. The van der Waals surface area contributed by atoms with Crippen LogP contribution in [0.2, 0.25) is 5.02 Å². The molecule has 1 heterocycles. The third-order valence-electron chi connectivity index (χ3n) is 4.74. The highest BCUT2D eigenvalue weighted by Crippen LogP contribution is 2.20. The lowest BCUT2D eigenvalue weighted by atomic mass is 9.98. The van der Waals surface area contributed by atoms with Crippen LogP contribution in [0.25, 0.3) is 0 Å². The van der Waals surface area contributed by atoms with Crippen molar-refractivity contribution in [3.05, 3.63) is 29.3 Å². The van der Waals surface area contributed by atoms with Gasteiger partial charge in [0.2, 0.25) is 11.8 Å². The van der Waals surface area contributed by atoms with Gasteiger partial charge in [-0.3, -0.25) is 14.5 Å². The van der Waals surface area contributed by atoms with Gasteiger partial charge in [0.05, 0.1) is 23.3 Å². The van der Waals surface area contributed by atoms with Gasteiger partial charge >= 0.3 is 0 Å². The predicted molar refractivity (Wildman–Crippen MR) is 101 cm³/mol. The molecule has 1 saturated heterocycles. The summed E-state index contributed by atoms with van der Waals surface area (Å²) in [6.45, 7) is 6.84. The Balaban J connectivity index is 1.79. The fourth-order valence-corrected chi connectivity index (χ4v) is 2.97. The molecule has 138 valence electrons. The maximum Gasteiger partial charge on any atom is 0.239 e. The number of nitrogens with zero attached hydrogens (tertiary/aromatic N) is 2. The number of hydrogen-bond donors (Lipinski definition) is 2. The van der Waals surface area contributed by atoms with Crippen LogP contribution in [0.1, 0.15) is 20.3 Å². The monoisotopic (exact) mass is 366 g/mol. The van der Waals surface area contributed by atoms with Crippen molar-refractivity contribution in [1.82, 2.24) is 9.80 Å². The summed E-state index contributed by atoms with van der Waals surface area (Å²) in [5.41, 5.74) is 6.65. The van der Waals surface area contributed by atoms with E-state index in [1.807, 2.05) is 30.9 Å². The number of rotatable bonds is 6. The van der Waals surface area contributed by atoms with Crippen LogP contribution >= 0.6 is 11.6 Å². The fraction of sp³-hybridized carbons (Fsp3) is 0.556. The second-order valence-corrected chi connectivity index (χ2v) is 6.95. The lowest BCUT2D eigenvalue weighted by Crippen LogP contribution is -2.55. The number of nitrogens with one attached hydrogen (secondary N) is 1. The minimum atomic E-state index is -0.444. The van der Waals surface area contributed by atoms with Gasteiger partial charge in [0.25, 0.3) is 0 Å². The molecule has 7 heteroatoms. The number of carbonyl (C=O) groups excluding carboxylic acids is 2. The molecule has 0 aliphatic carbocycles. The molecule has 2 atom stereocenters. The molecule has 3 N–H and O–H groups in total. The van der Waals surface area contributed by atoms with E-state index >= 15 is 0 Å². The zero-order valence-corrected chi connectivity index (χ0v) is 15.6. The molecule has 6 nitrogen and oxygen atoms in total. The number of hydrogen-bond acceptors (Lipinski definition) is 4. The molecule has 2 rings (SSSR count). The summed E-state index contributed by atoms with van der Waals surface area (Å²) >= 11 is 6.05. The standard InChI is InChI=1S/C18H27ClN4O2/c1-3-13(2)17(20)18(25)23-10-8-22(9-11-23)12-16(24)21-15-7-5-4-6-14(15)19/h4-7,13,17H,3,8-12,20H2,1-2H3,(H,21,24). The van der Waals surface area contributed by atoms with Gasteiger partial charge in [0, 0.05) is 26.2 Å². The minimum absolute atomic E-state index is 0.00881. The van der Waals surface area contributed by atoms with Crippen LogP contribution in [0.15, 0.2) is 24.3 Å². The minimum Gasteiger partial charge on any atom is -0.339 e. The summed E-state index contributed by atoms with van der Waals surface area (Å²) in [5.74, 6) is 0.0747. The highest BCUT2D eigenvalue weighted by molar-refractivity contribution is 6.33. The molecule has 2 amide bonds. The van der Waals surface area contributed by atoms with Crippen LogP contribution in [0.5, 0.6) is 0 Å². The van der Waals surface area contributed by atoms with Gasteiger partial charge in [-0.2, -0.15) is 0 Å². The highest BCUT2D eigenvalue weighted by Gasteiger charge is 2.28. The van der Waals surface area contributed by atoms with Crippen molar-refractivity contribution < 1.29 is 9.59 Å². The molecule has 1 fully saturated rings. The van der Waals surface area contributed by atoms with E-state index in [2.05, 4.69) is 5.32 Å². The molecule has 1 aliphatic rings. The van der Waals surface area contributed by atoms with Crippen LogP contribution in [-0.2, 0) is 9.59 Å². The Morgan fingerprint density at radius 2 is 1.88 bits per heavy atom. The molecule has 1 aromatic carbocycles. The van der Waals surface area contributed by atoms with Crippen molar-refractivity contribution >= 4 is 29.1 Å². The van der Waals surface area contributed by atoms with Crippen molar-refractivity contribution in [2.45, 2.75) is 26.3 Å². The van der Waals surface area contributed by atoms with Gasteiger partial charge in [0.1, 0.15) is 0 Å². The quantitative estimate of drug-likeness (QED) is 0.804. The van der Waals surface area contributed by atoms with Crippen molar-refractivity contribution in [1.29, 1.82) is 0 Å². The zero-order valence-electron chi connectivity index (χ0n) is 14.9. The predicted octanol–water partition coefficient (Wildman–Crippen LogP) is 1.80. The molecule has 0 radical (unpaired) electrons. The van der Waals surface area contributed by atoms with Crippen molar-refractivity contribution in [2.75, 3.05) is 38.0 Å². The van der Waals surface area contributed by atoms with Gasteiger partial charge in [-0.1, -0.05) is 44.0 Å². The summed E-state index contributed by atoms with van der Waals surface area (Å²) in [4.78, 5) is 28.4. The Bertz CT molecular complexity index is 602. The number of piperazine rings is 1. The van der Waals surface area contributed by atoms with E-state index in [1.165, 1.54) is 0 Å². The molecule has 1 aliphatic heterocycles. The first-order valence-corrected chi connectivity index (χ1v) is 9.11. The molecule has 0 bridgehead atoms. The average molecular weight is 367 g/mol.